The Bertz CT molecular complexity index is 469. The van der Waals surface area contributed by atoms with Crippen molar-refractivity contribution in [1.82, 2.24) is 20.4 Å². The summed E-state index contributed by atoms with van der Waals surface area (Å²) in [6, 6.07) is -0.870. The summed E-state index contributed by atoms with van der Waals surface area (Å²) in [5.41, 5.74) is 0. The van der Waals surface area contributed by atoms with E-state index in [-0.39, 0.29) is 17.9 Å². The predicted octanol–water partition coefficient (Wildman–Crippen LogP) is 1.34. The molecule has 1 unspecified atom stereocenters. The standard InChI is InChI=1S/C18H32N4O3/c1-14(17(24)20-18(25)19-2)21-10-12-22(13-11-21)16(23)9-8-15-6-4-3-5-7-15/h14-15H,3-13H2,1-2H3,(H2,19,20,24,25). The smallest absolute Gasteiger partial charge is 0.321 e. The maximum absolute atomic E-state index is 12.4. The van der Waals surface area contributed by atoms with Gasteiger partial charge in [0.1, 0.15) is 0 Å². The molecule has 2 aliphatic rings. The van der Waals surface area contributed by atoms with Gasteiger partial charge in [0.25, 0.3) is 0 Å². The number of nitrogens with zero attached hydrogens (tertiary/aromatic N) is 2. The number of nitrogens with one attached hydrogen (secondary N) is 2. The van der Waals surface area contributed by atoms with Crippen molar-refractivity contribution >= 4 is 17.8 Å². The van der Waals surface area contributed by atoms with Gasteiger partial charge in [0.05, 0.1) is 6.04 Å². The fraction of sp³-hybridized carbons (Fsp3) is 0.833. The summed E-state index contributed by atoms with van der Waals surface area (Å²) >= 11 is 0. The van der Waals surface area contributed by atoms with Crippen molar-refractivity contribution in [2.75, 3.05) is 33.2 Å². The molecule has 2 N–H and O–H groups in total. The molecule has 2 rings (SSSR count). The number of amides is 4. The summed E-state index contributed by atoms with van der Waals surface area (Å²) in [4.78, 5) is 39.6. The van der Waals surface area contributed by atoms with E-state index in [4.69, 9.17) is 0 Å². The summed E-state index contributed by atoms with van der Waals surface area (Å²) in [7, 11) is 1.48. The molecule has 1 saturated heterocycles. The van der Waals surface area contributed by atoms with Crippen LogP contribution < -0.4 is 10.6 Å². The van der Waals surface area contributed by atoms with E-state index in [1.54, 1.807) is 6.92 Å². The Balaban J connectivity index is 1.70. The summed E-state index contributed by atoms with van der Waals surface area (Å²) in [5.74, 6) is 0.663. The second-order valence-electron chi connectivity index (χ2n) is 7.20. The van der Waals surface area contributed by atoms with Gasteiger partial charge in [-0.1, -0.05) is 32.1 Å². The van der Waals surface area contributed by atoms with Gasteiger partial charge >= 0.3 is 6.03 Å². The van der Waals surface area contributed by atoms with E-state index in [1.807, 2.05) is 9.80 Å². The van der Waals surface area contributed by atoms with E-state index < -0.39 is 6.03 Å². The molecule has 1 heterocycles. The molecule has 1 aliphatic heterocycles. The predicted molar refractivity (Wildman–Crippen MR) is 96.0 cm³/mol. The first-order valence-electron chi connectivity index (χ1n) is 9.55. The minimum absolute atomic E-state index is 0.243. The van der Waals surface area contributed by atoms with Crippen LogP contribution in [-0.2, 0) is 9.59 Å². The van der Waals surface area contributed by atoms with E-state index in [1.165, 1.54) is 39.2 Å². The Morgan fingerprint density at radius 3 is 2.28 bits per heavy atom. The molecule has 2 fully saturated rings. The monoisotopic (exact) mass is 352 g/mol. The number of carbonyl (C=O) groups excluding carboxylic acids is 3. The van der Waals surface area contributed by atoms with Crippen LogP contribution in [0.5, 0.6) is 0 Å². The fourth-order valence-electron chi connectivity index (χ4n) is 3.76. The topological polar surface area (TPSA) is 81.8 Å². The van der Waals surface area contributed by atoms with Crippen LogP contribution in [0.1, 0.15) is 51.9 Å². The molecule has 0 spiro atoms. The van der Waals surface area contributed by atoms with Crippen LogP contribution in [0.25, 0.3) is 0 Å². The van der Waals surface area contributed by atoms with Gasteiger partial charge < -0.3 is 10.2 Å². The molecule has 7 heteroatoms. The third-order valence-corrected chi connectivity index (χ3v) is 5.55. The SMILES string of the molecule is CNC(=O)NC(=O)C(C)N1CCN(C(=O)CCC2CCCCC2)CC1. The maximum atomic E-state index is 12.4. The van der Waals surface area contributed by atoms with Gasteiger partial charge in [0.2, 0.25) is 11.8 Å². The highest BCUT2D eigenvalue weighted by atomic mass is 16.2. The number of carbonyl (C=O) groups is 3. The number of hydrogen-bond donors (Lipinski definition) is 2. The molecule has 4 amide bonds. The van der Waals surface area contributed by atoms with Gasteiger partial charge in [0, 0.05) is 39.6 Å². The maximum Gasteiger partial charge on any atom is 0.321 e. The lowest BCUT2D eigenvalue weighted by molar-refractivity contribution is -0.134. The van der Waals surface area contributed by atoms with Crippen LogP contribution in [0, 0.1) is 5.92 Å². The Morgan fingerprint density at radius 2 is 1.68 bits per heavy atom. The molecule has 25 heavy (non-hydrogen) atoms. The molecule has 0 aromatic heterocycles. The molecular weight excluding hydrogens is 320 g/mol. The van der Waals surface area contributed by atoms with E-state index in [2.05, 4.69) is 10.6 Å². The zero-order chi connectivity index (χ0) is 18.2. The number of urea groups is 1. The first kappa shape index (κ1) is 19.7. The fourth-order valence-corrected chi connectivity index (χ4v) is 3.76. The largest absolute Gasteiger partial charge is 0.341 e. The minimum atomic E-state index is -0.492. The van der Waals surface area contributed by atoms with E-state index >= 15 is 0 Å². The molecule has 142 valence electrons. The van der Waals surface area contributed by atoms with Crippen LogP contribution in [0.2, 0.25) is 0 Å². The molecule has 0 aromatic rings. The van der Waals surface area contributed by atoms with Crippen molar-refractivity contribution in [3.05, 3.63) is 0 Å². The highest BCUT2D eigenvalue weighted by Gasteiger charge is 2.28. The second-order valence-corrected chi connectivity index (χ2v) is 7.20. The average molecular weight is 352 g/mol. The van der Waals surface area contributed by atoms with Gasteiger partial charge in [0.15, 0.2) is 0 Å². The summed E-state index contributed by atoms with van der Waals surface area (Å²) in [5, 5.41) is 4.68. The molecule has 0 aromatic carbocycles. The van der Waals surface area contributed by atoms with Crippen molar-refractivity contribution in [2.45, 2.75) is 57.9 Å². The number of rotatable bonds is 5. The molecule has 1 aliphatic carbocycles. The van der Waals surface area contributed by atoms with E-state index in [0.29, 0.717) is 32.6 Å². The lowest BCUT2D eigenvalue weighted by Gasteiger charge is -2.37. The van der Waals surface area contributed by atoms with Crippen LogP contribution in [0.3, 0.4) is 0 Å². The number of hydrogen-bond acceptors (Lipinski definition) is 4. The van der Waals surface area contributed by atoms with Gasteiger partial charge in [-0.3, -0.25) is 19.8 Å². The Kier molecular flexibility index (Phi) is 7.68. The van der Waals surface area contributed by atoms with Gasteiger partial charge in [-0.25, -0.2) is 4.79 Å². The molecule has 0 radical (unpaired) electrons. The highest BCUT2D eigenvalue weighted by Crippen LogP contribution is 2.27. The van der Waals surface area contributed by atoms with Crippen molar-refractivity contribution in [3.8, 4) is 0 Å². The number of imide groups is 1. The first-order chi connectivity index (χ1) is 12.0. The van der Waals surface area contributed by atoms with Crippen molar-refractivity contribution < 1.29 is 14.4 Å². The summed E-state index contributed by atoms with van der Waals surface area (Å²) in [6.45, 7) is 4.43. The van der Waals surface area contributed by atoms with Crippen LogP contribution in [-0.4, -0.2) is 66.9 Å². The first-order valence-corrected chi connectivity index (χ1v) is 9.55. The Labute approximate surface area is 150 Å². The van der Waals surface area contributed by atoms with Gasteiger partial charge in [-0.05, 0) is 19.3 Å². The number of piperazine rings is 1. The minimum Gasteiger partial charge on any atom is -0.341 e. The Morgan fingerprint density at radius 1 is 1.04 bits per heavy atom. The molecule has 7 nitrogen and oxygen atoms in total. The molecule has 1 atom stereocenters. The van der Waals surface area contributed by atoms with Crippen LogP contribution >= 0.6 is 0 Å². The zero-order valence-electron chi connectivity index (χ0n) is 15.6. The lowest BCUT2D eigenvalue weighted by Crippen LogP contribution is -2.56. The summed E-state index contributed by atoms with van der Waals surface area (Å²) in [6.07, 6.45) is 8.19. The van der Waals surface area contributed by atoms with Crippen molar-refractivity contribution in [3.63, 3.8) is 0 Å². The highest BCUT2D eigenvalue weighted by molar-refractivity contribution is 5.96. The molecular formula is C18H32N4O3. The quantitative estimate of drug-likeness (QED) is 0.782. The molecule has 0 bridgehead atoms. The summed E-state index contributed by atoms with van der Waals surface area (Å²) < 4.78 is 0. The lowest BCUT2D eigenvalue weighted by atomic mass is 9.86. The molecule has 1 saturated carbocycles. The normalized spacial score (nSPS) is 20.8. The van der Waals surface area contributed by atoms with Crippen molar-refractivity contribution in [1.29, 1.82) is 0 Å². The van der Waals surface area contributed by atoms with Crippen LogP contribution in [0.4, 0.5) is 4.79 Å². The average Bonchev–Trinajstić information content (AvgIpc) is 2.66. The van der Waals surface area contributed by atoms with Crippen LogP contribution in [0.15, 0.2) is 0 Å². The van der Waals surface area contributed by atoms with Gasteiger partial charge in [-0.15, -0.1) is 0 Å². The van der Waals surface area contributed by atoms with Gasteiger partial charge in [-0.2, -0.15) is 0 Å². The third-order valence-electron chi connectivity index (χ3n) is 5.55. The second kappa shape index (κ2) is 9.75. The third kappa shape index (κ3) is 5.99. The Hall–Kier alpha value is -1.63. The van der Waals surface area contributed by atoms with E-state index in [9.17, 15) is 14.4 Å². The zero-order valence-corrected chi connectivity index (χ0v) is 15.6. The van der Waals surface area contributed by atoms with Crippen molar-refractivity contribution in [2.24, 2.45) is 5.92 Å². The van der Waals surface area contributed by atoms with E-state index in [0.717, 1.165) is 12.3 Å².